The van der Waals surface area contributed by atoms with Crippen molar-refractivity contribution in [3.8, 4) is 11.4 Å². The fraction of sp³-hybridized carbons (Fsp3) is 0.545. The van der Waals surface area contributed by atoms with Gasteiger partial charge in [-0.15, -0.1) is 10.2 Å². The van der Waals surface area contributed by atoms with Crippen LogP contribution in [0.25, 0.3) is 11.4 Å². The lowest BCUT2D eigenvalue weighted by Gasteiger charge is -2.29. The van der Waals surface area contributed by atoms with Gasteiger partial charge in [-0.25, -0.2) is 4.79 Å². The van der Waals surface area contributed by atoms with Crippen LogP contribution in [0.15, 0.2) is 29.4 Å². The molecule has 0 aliphatic heterocycles. The molecule has 2 unspecified atom stereocenters. The smallest absolute Gasteiger partial charge is 0.321 e. The number of carbonyl (C=O) groups excluding carboxylic acids is 2. The summed E-state index contributed by atoms with van der Waals surface area (Å²) in [6.07, 6.45) is 5.35. The molecule has 1 heterocycles. The monoisotopic (exact) mass is 429 g/mol. The Balaban J connectivity index is 1.58. The van der Waals surface area contributed by atoms with E-state index in [4.69, 9.17) is 0 Å². The van der Waals surface area contributed by atoms with Crippen LogP contribution in [0, 0.1) is 12.8 Å². The highest BCUT2D eigenvalue weighted by atomic mass is 32.2. The van der Waals surface area contributed by atoms with Crippen molar-refractivity contribution in [3.63, 3.8) is 0 Å². The number of urea groups is 1. The van der Waals surface area contributed by atoms with Crippen molar-refractivity contribution in [2.75, 3.05) is 5.75 Å². The van der Waals surface area contributed by atoms with Gasteiger partial charge in [0.2, 0.25) is 5.91 Å². The van der Waals surface area contributed by atoms with Crippen molar-refractivity contribution >= 4 is 23.7 Å². The van der Waals surface area contributed by atoms with Gasteiger partial charge in [-0.2, -0.15) is 0 Å². The van der Waals surface area contributed by atoms with Crippen LogP contribution in [0.2, 0.25) is 0 Å². The lowest BCUT2D eigenvalue weighted by molar-refractivity contribution is -0.117. The van der Waals surface area contributed by atoms with Gasteiger partial charge >= 0.3 is 6.03 Å². The minimum Gasteiger partial charge on any atom is -0.335 e. The minimum atomic E-state index is -0.408. The summed E-state index contributed by atoms with van der Waals surface area (Å²) in [4.78, 5) is 24.5. The van der Waals surface area contributed by atoms with Gasteiger partial charge in [0.1, 0.15) is 0 Å². The zero-order valence-corrected chi connectivity index (χ0v) is 18.8. The normalized spacial score (nSPS) is 18.8. The summed E-state index contributed by atoms with van der Waals surface area (Å²) in [5.41, 5.74) is 2.17. The van der Waals surface area contributed by atoms with Crippen LogP contribution in [0.1, 0.15) is 51.5 Å². The van der Waals surface area contributed by atoms with Gasteiger partial charge in [0.05, 0.1) is 5.75 Å². The van der Waals surface area contributed by atoms with Gasteiger partial charge in [0.15, 0.2) is 11.0 Å². The summed E-state index contributed by atoms with van der Waals surface area (Å²) >= 11 is 1.30. The Hall–Kier alpha value is -2.35. The summed E-state index contributed by atoms with van der Waals surface area (Å²) in [6.45, 7) is 7.05. The standard InChI is InChI=1S/C22H31N5O2S/c1-4-12-27-20(17-10-7-8-15(2)13-17)25-26-22(27)30-14-19(28)24-21(29)23-18-11-6-5-9-16(18)3/h7-8,10,13,16,18H,4-6,9,11-12,14H2,1-3H3,(H2,23,24,28,29). The topological polar surface area (TPSA) is 88.9 Å². The van der Waals surface area contributed by atoms with E-state index in [1.54, 1.807) is 0 Å². The molecule has 1 aromatic carbocycles. The zero-order chi connectivity index (χ0) is 21.5. The molecular formula is C22H31N5O2S. The second kappa shape index (κ2) is 10.6. The molecule has 1 fully saturated rings. The van der Waals surface area contributed by atoms with Crippen LogP contribution in [0.4, 0.5) is 4.79 Å². The first kappa shape index (κ1) is 22.3. The molecule has 2 atom stereocenters. The molecule has 0 radical (unpaired) electrons. The van der Waals surface area contributed by atoms with Gasteiger partial charge in [-0.3, -0.25) is 10.1 Å². The lowest BCUT2D eigenvalue weighted by Crippen LogP contribution is -2.48. The number of rotatable bonds is 7. The molecule has 2 aromatic rings. The predicted molar refractivity (Wildman–Crippen MR) is 119 cm³/mol. The maximum absolute atomic E-state index is 12.3. The molecule has 1 aromatic heterocycles. The van der Waals surface area contributed by atoms with E-state index in [9.17, 15) is 9.59 Å². The molecule has 8 heteroatoms. The molecule has 3 rings (SSSR count). The maximum Gasteiger partial charge on any atom is 0.321 e. The Kier molecular flexibility index (Phi) is 7.90. The quantitative estimate of drug-likeness (QED) is 0.645. The minimum absolute atomic E-state index is 0.114. The van der Waals surface area contributed by atoms with Crippen molar-refractivity contribution in [2.45, 2.75) is 70.6 Å². The second-order valence-electron chi connectivity index (χ2n) is 8.01. The molecule has 0 bridgehead atoms. The summed E-state index contributed by atoms with van der Waals surface area (Å²) in [5, 5.41) is 14.7. The molecule has 30 heavy (non-hydrogen) atoms. The van der Waals surface area contributed by atoms with E-state index in [1.165, 1.54) is 18.2 Å². The first-order chi connectivity index (χ1) is 14.5. The number of aromatic nitrogens is 3. The number of carbonyl (C=O) groups is 2. The fourth-order valence-electron chi connectivity index (χ4n) is 3.85. The van der Waals surface area contributed by atoms with Crippen molar-refractivity contribution in [3.05, 3.63) is 29.8 Å². The number of benzene rings is 1. The van der Waals surface area contributed by atoms with E-state index in [2.05, 4.69) is 40.7 Å². The summed E-state index contributed by atoms with van der Waals surface area (Å²) in [7, 11) is 0. The highest BCUT2D eigenvalue weighted by Gasteiger charge is 2.23. The average molecular weight is 430 g/mol. The van der Waals surface area contributed by atoms with Gasteiger partial charge in [-0.1, -0.05) is 62.2 Å². The Morgan fingerprint density at radius 2 is 2.03 bits per heavy atom. The second-order valence-corrected chi connectivity index (χ2v) is 8.95. The van der Waals surface area contributed by atoms with Gasteiger partial charge in [0, 0.05) is 18.2 Å². The molecule has 162 valence electrons. The third-order valence-corrected chi connectivity index (χ3v) is 6.42. The van der Waals surface area contributed by atoms with Crippen LogP contribution in [-0.2, 0) is 11.3 Å². The molecule has 0 spiro atoms. The number of nitrogens with one attached hydrogen (secondary N) is 2. The zero-order valence-electron chi connectivity index (χ0n) is 18.0. The summed E-state index contributed by atoms with van der Waals surface area (Å²) < 4.78 is 2.04. The van der Waals surface area contributed by atoms with E-state index >= 15 is 0 Å². The lowest BCUT2D eigenvalue weighted by atomic mass is 9.86. The number of nitrogens with zero attached hydrogens (tertiary/aromatic N) is 3. The van der Waals surface area contributed by atoms with Gasteiger partial charge in [-0.05, 0) is 38.2 Å². The molecular weight excluding hydrogens is 398 g/mol. The van der Waals surface area contributed by atoms with Crippen molar-refractivity contribution < 1.29 is 9.59 Å². The van der Waals surface area contributed by atoms with E-state index in [0.29, 0.717) is 11.1 Å². The van der Waals surface area contributed by atoms with Crippen LogP contribution < -0.4 is 10.6 Å². The highest BCUT2D eigenvalue weighted by Crippen LogP contribution is 2.25. The van der Waals surface area contributed by atoms with Gasteiger partial charge in [0.25, 0.3) is 0 Å². The predicted octanol–water partition coefficient (Wildman–Crippen LogP) is 4.16. The van der Waals surface area contributed by atoms with E-state index in [0.717, 1.165) is 49.2 Å². The SMILES string of the molecule is CCCn1c(SCC(=O)NC(=O)NC2CCCCC2C)nnc1-c1cccc(C)c1. The number of aryl methyl sites for hydroxylation is 1. The number of hydrogen-bond donors (Lipinski definition) is 2. The summed E-state index contributed by atoms with van der Waals surface area (Å²) in [5.74, 6) is 1.03. The maximum atomic E-state index is 12.3. The molecule has 0 saturated heterocycles. The Bertz CT molecular complexity index is 882. The number of thioether (sulfide) groups is 1. The van der Waals surface area contributed by atoms with Crippen molar-refractivity contribution in [1.29, 1.82) is 0 Å². The largest absolute Gasteiger partial charge is 0.335 e. The van der Waals surface area contributed by atoms with Crippen molar-refractivity contribution in [2.24, 2.45) is 5.92 Å². The van der Waals surface area contributed by atoms with Crippen LogP contribution in [0.3, 0.4) is 0 Å². The fourth-order valence-corrected chi connectivity index (χ4v) is 4.61. The molecule has 1 aliphatic rings. The van der Waals surface area contributed by atoms with Crippen LogP contribution in [-0.4, -0.2) is 38.5 Å². The third kappa shape index (κ3) is 5.84. The first-order valence-corrected chi connectivity index (χ1v) is 11.7. The molecule has 7 nitrogen and oxygen atoms in total. The Morgan fingerprint density at radius 3 is 2.77 bits per heavy atom. The first-order valence-electron chi connectivity index (χ1n) is 10.7. The van der Waals surface area contributed by atoms with Crippen LogP contribution in [0.5, 0.6) is 0 Å². The number of amides is 3. The van der Waals surface area contributed by atoms with Crippen molar-refractivity contribution in [1.82, 2.24) is 25.4 Å². The van der Waals surface area contributed by atoms with E-state index in [1.807, 2.05) is 29.7 Å². The molecule has 2 N–H and O–H groups in total. The van der Waals surface area contributed by atoms with E-state index in [-0.39, 0.29) is 17.7 Å². The molecule has 1 saturated carbocycles. The van der Waals surface area contributed by atoms with E-state index < -0.39 is 6.03 Å². The number of imide groups is 1. The Morgan fingerprint density at radius 1 is 1.23 bits per heavy atom. The molecule has 3 amide bonds. The molecule has 1 aliphatic carbocycles. The highest BCUT2D eigenvalue weighted by molar-refractivity contribution is 7.99. The Labute approximate surface area is 182 Å². The average Bonchev–Trinajstić information content (AvgIpc) is 3.11. The van der Waals surface area contributed by atoms with Crippen LogP contribution >= 0.6 is 11.8 Å². The van der Waals surface area contributed by atoms with Gasteiger partial charge < -0.3 is 9.88 Å². The summed E-state index contributed by atoms with van der Waals surface area (Å²) in [6, 6.07) is 7.87. The number of hydrogen-bond acceptors (Lipinski definition) is 5. The third-order valence-electron chi connectivity index (χ3n) is 5.45.